The molecule has 0 radical (unpaired) electrons. The molecule has 1 aromatic carbocycles. The van der Waals surface area contributed by atoms with Crippen molar-refractivity contribution in [3.63, 3.8) is 0 Å². The second-order valence-electron chi connectivity index (χ2n) is 5.53. The van der Waals surface area contributed by atoms with Crippen molar-refractivity contribution >= 4 is 46.1 Å². The average Bonchev–Trinajstić information content (AvgIpc) is 2.49. The van der Waals surface area contributed by atoms with Gasteiger partial charge in [0.05, 0.1) is 22.2 Å². The van der Waals surface area contributed by atoms with E-state index < -0.39 is 12.0 Å². The number of hydrogen-bond donors (Lipinski definition) is 1. The van der Waals surface area contributed by atoms with Crippen LogP contribution in [0.25, 0.3) is 0 Å². The predicted octanol–water partition coefficient (Wildman–Crippen LogP) is 4.97. The fourth-order valence-electron chi connectivity index (χ4n) is 2.36. The van der Waals surface area contributed by atoms with Crippen LogP contribution in [0.15, 0.2) is 34.5 Å². The molecular formula is C17H20Cl2N2O2S. The molecule has 0 saturated carbocycles. The Kier molecular flexibility index (Phi) is 6.61. The van der Waals surface area contributed by atoms with Gasteiger partial charge in [-0.3, -0.25) is 0 Å². The van der Waals surface area contributed by atoms with Crippen LogP contribution >= 0.6 is 35.0 Å². The number of carbonyl (C=O) groups excluding carboxylic acids is 1. The van der Waals surface area contributed by atoms with E-state index in [0.717, 1.165) is 5.17 Å². The van der Waals surface area contributed by atoms with Crippen molar-refractivity contribution in [1.29, 1.82) is 0 Å². The number of ether oxygens (including phenoxy) is 1. The van der Waals surface area contributed by atoms with Crippen LogP contribution in [-0.2, 0) is 9.53 Å². The molecule has 0 bridgehead atoms. The minimum absolute atomic E-state index is 0.295. The summed E-state index contributed by atoms with van der Waals surface area (Å²) in [5.74, 6) is -0.402. The highest BCUT2D eigenvalue weighted by molar-refractivity contribution is 8.14. The van der Waals surface area contributed by atoms with Crippen LogP contribution in [0.2, 0.25) is 10.0 Å². The predicted molar refractivity (Wildman–Crippen MR) is 102 cm³/mol. The standard InChI is InChI=1S/C17H20Cl2N2O2S/c1-5-23-16(22)13-10(4)20-17(24-9(2)3)21-15(13)11-7-6-8-12(18)14(11)19/h6-9,15H,5H2,1-4H3,(H,20,21). The lowest BCUT2D eigenvalue weighted by atomic mass is 9.96. The van der Waals surface area contributed by atoms with Crippen molar-refractivity contribution < 1.29 is 9.53 Å². The molecule has 0 fully saturated rings. The van der Waals surface area contributed by atoms with Gasteiger partial charge in [0.1, 0.15) is 6.04 Å². The van der Waals surface area contributed by atoms with Gasteiger partial charge >= 0.3 is 5.97 Å². The fraction of sp³-hybridized carbons (Fsp3) is 0.412. The lowest BCUT2D eigenvalue weighted by molar-refractivity contribution is -0.138. The number of nitrogens with one attached hydrogen (secondary N) is 1. The molecule has 0 amide bonds. The van der Waals surface area contributed by atoms with E-state index in [9.17, 15) is 4.79 Å². The molecule has 7 heteroatoms. The maximum Gasteiger partial charge on any atom is 0.338 e. The highest BCUT2D eigenvalue weighted by Gasteiger charge is 2.32. The molecule has 0 aliphatic carbocycles. The highest BCUT2D eigenvalue weighted by atomic mass is 35.5. The SMILES string of the molecule is CCOC(=O)C1=C(C)NC(SC(C)C)=NC1c1cccc(Cl)c1Cl. The maximum atomic E-state index is 12.4. The third kappa shape index (κ3) is 4.26. The van der Waals surface area contributed by atoms with Gasteiger partial charge in [0.25, 0.3) is 0 Å². The molecule has 0 aromatic heterocycles. The third-order valence-electron chi connectivity index (χ3n) is 3.34. The summed E-state index contributed by atoms with van der Waals surface area (Å²) in [6, 6.07) is 4.80. The topological polar surface area (TPSA) is 50.7 Å². The number of allylic oxidation sites excluding steroid dienone is 1. The molecule has 1 N–H and O–H groups in total. The number of carbonyl (C=O) groups is 1. The zero-order valence-corrected chi connectivity index (χ0v) is 16.4. The zero-order valence-electron chi connectivity index (χ0n) is 14.0. The Labute approximate surface area is 156 Å². The molecule has 0 saturated heterocycles. The average molecular weight is 387 g/mol. The minimum Gasteiger partial charge on any atom is -0.463 e. The number of nitrogens with zero attached hydrogens (tertiary/aromatic N) is 1. The van der Waals surface area contributed by atoms with Crippen molar-refractivity contribution in [2.24, 2.45) is 4.99 Å². The van der Waals surface area contributed by atoms with Gasteiger partial charge in [-0.05, 0) is 19.9 Å². The molecule has 4 nitrogen and oxygen atoms in total. The Morgan fingerprint density at radius 2 is 2.12 bits per heavy atom. The molecule has 130 valence electrons. The van der Waals surface area contributed by atoms with Crippen LogP contribution in [0, 0.1) is 0 Å². The van der Waals surface area contributed by atoms with Crippen LogP contribution in [0.5, 0.6) is 0 Å². The van der Waals surface area contributed by atoms with E-state index in [1.807, 2.05) is 13.0 Å². The Bertz CT molecular complexity index is 702. The number of rotatable bonds is 4. The van der Waals surface area contributed by atoms with Gasteiger partial charge in [-0.15, -0.1) is 0 Å². The zero-order chi connectivity index (χ0) is 17.9. The van der Waals surface area contributed by atoms with Crippen LogP contribution < -0.4 is 5.32 Å². The van der Waals surface area contributed by atoms with Crippen molar-refractivity contribution in [3.8, 4) is 0 Å². The monoisotopic (exact) mass is 386 g/mol. The van der Waals surface area contributed by atoms with E-state index >= 15 is 0 Å². The fourth-order valence-corrected chi connectivity index (χ4v) is 3.60. The summed E-state index contributed by atoms with van der Waals surface area (Å²) in [6.07, 6.45) is 0. The molecule has 1 aromatic rings. The second-order valence-corrected chi connectivity index (χ2v) is 7.88. The first kappa shape index (κ1) is 19.2. The summed E-state index contributed by atoms with van der Waals surface area (Å²) in [5.41, 5.74) is 1.86. The van der Waals surface area contributed by atoms with E-state index in [2.05, 4.69) is 19.2 Å². The molecule has 1 aliphatic heterocycles. The number of aliphatic imine (C=N–C) groups is 1. The number of thioether (sulfide) groups is 1. The summed E-state index contributed by atoms with van der Waals surface area (Å²) in [7, 11) is 0. The van der Waals surface area contributed by atoms with E-state index in [1.165, 1.54) is 0 Å². The number of halogens is 2. The highest BCUT2D eigenvalue weighted by Crippen LogP contribution is 2.39. The van der Waals surface area contributed by atoms with Gasteiger partial charge in [-0.25, -0.2) is 9.79 Å². The van der Waals surface area contributed by atoms with Gasteiger partial charge in [0.2, 0.25) is 0 Å². The minimum atomic E-state index is -0.544. The van der Waals surface area contributed by atoms with Crippen LogP contribution in [0.3, 0.4) is 0 Å². The Morgan fingerprint density at radius 1 is 1.42 bits per heavy atom. The van der Waals surface area contributed by atoms with Gasteiger partial charge in [0.15, 0.2) is 5.17 Å². The number of benzene rings is 1. The molecule has 1 aliphatic rings. The van der Waals surface area contributed by atoms with E-state index in [4.69, 9.17) is 32.9 Å². The van der Waals surface area contributed by atoms with Crippen LogP contribution in [0.1, 0.15) is 39.3 Å². The summed E-state index contributed by atoms with van der Waals surface area (Å²) < 4.78 is 5.20. The molecule has 0 spiro atoms. The maximum absolute atomic E-state index is 12.4. The Morgan fingerprint density at radius 3 is 2.75 bits per heavy atom. The lowest BCUT2D eigenvalue weighted by Gasteiger charge is -2.27. The molecule has 1 atom stereocenters. The Hall–Kier alpha value is -1.17. The van der Waals surface area contributed by atoms with Crippen LogP contribution in [0.4, 0.5) is 0 Å². The molecular weight excluding hydrogens is 367 g/mol. The molecule has 1 heterocycles. The number of esters is 1. The first-order valence-electron chi connectivity index (χ1n) is 7.68. The van der Waals surface area contributed by atoms with Crippen LogP contribution in [-0.4, -0.2) is 23.0 Å². The number of hydrogen-bond acceptors (Lipinski definition) is 5. The largest absolute Gasteiger partial charge is 0.463 e. The summed E-state index contributed by atoms with van der Waals surface area (Å²) in [6.45, 7) is 8.07. The van der Waals surface area contributed by atoms with E-state index in [1.54, 1.807) is 30.8 Å². The summed E-state index contributed by atoms with van der Waals surface area (Å²) >= 11 is 14.1. The van der Waals surface area contributed by atoms with E-state index in [0.29, 0.717) is 38.7 Å². The molecule has 24 heavy (non-hydrogen) atoms. The first-order chi connectivity index (χ1) is 11.3. The van der Waals surface area contributed by atoms with Crippen molar-refractivity contribution in [2.75, 3.05) is 6.61 Å². The van der Waals surface area contributed by atoms with Gasteiger partial charge in [-0.1, -0.05) is 60.9 Å². The summed E-state index contributed by atoms with van der Waals surface area (Å²) in [4.78, 5) is 17.1. The Balaban J connectivity index is 2.53. The molecule has 2 rings (SSSR count). The quantitative estimate of drug-likeness (QED) is 0.741. The smallest absolute Gasteiger partial charge is 0.338 e. The van der Waals surface area contributed by atoms with Crippen molar-refractivity contribution in [2.45, 2.75) is 39.0 Å². The molecule has 1 unspecified atom stereocenters. The van der Waals surface area contributed by atoms with Crippen molar-refractivity contribution in [3.05, 3.63) is 45.1 Å². The third-order valence-corrected chi connectivity index (χ3v) is 5.07. The summed E-state index contributed by atoms with van der Waals surface area (Å²) in [5, 5.41) is 5.12. The van der Waals surface area contributed by atoms with Gasteiger partial charge in [-0.2, -0.15) is 0 Å². The van der Waals surface area contributed by atoms with Gasteiger partial charge < -0.3 is 10.1 Å². The van der Waals surface area contributed by atoms with Crippen molar-refractivity contribution in [1.82, 2.24) is 5.32 Å². The van der Waals surface area contributed by atoms with E-state index in [-0.39, 0.29) is 0 Å². The normalized spacial score (nSPS) is 17.6. The first-order valence-corrected chi connectivity index (χ1v) is 9.32. The lowest BCUT2D eigenvalue weighted by Crippen LogP contribution is -2.31. The number of amidine groups is 1. The second kappa shape index (κ2) is 8.28. The van der Waals surface area contributed by atoms with Gasteiger partial charge in [0, 0.05) is 16.5 Å².